The van der Waals surface area contributed by atoms with Crippen LogP contribution in [0.2, 0.25) is 0 Å². The molecule has 0 radical (unpaired) electrons. The number of hydrogen-bond donors (Lipinski definition) is 4. The zero-order valence-electron chi connectivity index (χ0n) is 18.3. The molecule has 11 heteroatoms. The first kappa shape index (κ1) is 22.8. The SMILES string of the molecule is NC(=O)C12CC3CC(C1)C(NC(=O)CN1CCCN(c4ccc(F)cc4F)S1(O)O)C(C3)C2. The molecule has 182 valence electrons. The van der Waals surface area contributed by atoms with Crippen LogP contribution in [0.25, 0.3) is 0 Å². The molecule has 1 aromatic carbocycles. The zero-order valence-corrected chi connectivity index (χ0v) is 19.1. The standard InChI is InChI=1S/C22H30F2N4O4S/c23-16-2-3-18(17(24)8-16)28-5-1-4-27(33(28,31)32)12-19(29)26-20-14-6-13-7-15(20)11-22(9-13,10-14)21(25)30/h2-3,8,13-15,20,31-32H,1,4-7,9-12H2,(H2,25,30)(H,26,29). The molecule has 5 N–H and O–H groups in total. The van der Waals surface area contributed by atoms with Crippen molar-refractivity contribution in [3.05, 3.63) is 29.8 Å². The second kappa shape index (κ2) is 8.07. The van der Waals surface area contributed by atoms with E-state index in [9.17, 15) is 27.5 Å². The summed E-state index contributed by atoms with van der Waals surface area (Å²) in [6, 6.07) is 2.87. The van der Waals surface area contributed by atoms with Gasteiger partial charge in [0.2, 0.25) is 11.8 Å². The van der Waals surface area contributed by atoms with Crippen LogP contribution in [0.3, 0.4) is 0 Å². The van der Waals surface area contributed by atoms with Gasteiger partial charge in [0.25, 0.3) is 0 Å². The molecule has 4 bridgehead atoms. The summed E-state index contributed by atoms with van der Waals surface area (Å²) in [7, 11) is -3.65. The van der Waals surface area contributed by atoms with Gasteiger partial charge in [0.05, 0.1) is 12.2 Å². The predicted molar refractivity (Wildman–Crippen MR) is 120 cm³/mol. The Labute approximate surface area is 193 Å². The topological polar surface area (TPSA) is 119 Å². The molecule has 2 atom stereocenters. The molecule has 1 aromatic rings. The number of nitrogens with two attached hydrogens (primary N) is 1. The van der Waals surface area contributed by atoms with E-state index in [0.29, 0.717) is 31.2 Å². The first-order chi connectivity index (χ1) is 15.6. The van der Waals surface area contributed by atoms with E-state index in [1.54, 1.807) is 0 Å². The van der Waals surface area contributed by atoms with Crippen LogP contribution in [0.4, 0.5) is 14.5 Å². The molecule has 8 nitrogen and oxygen atoms in total. The number of nitrogens with zero attached hydrogens (tertiary/aromatic N) is 2. The lowest BCUT2D eigenvalue weighted by molar-refractivity contribution is -0.147. The van der Waals surface area contributed by atoms with E-state index in [-0.39, 0.29) is 55.0 Å². The Morgan fingerprint density at radius 2 is 1.85 bits per heavy atom. The molecule has 4 saturated carbocycles. The van der Waals surface area contributed by atoms with Gasteiger partial charge in [-0.15, -0.1) is 0 Å². The van der Waals surface area contributed by atoms with Crippen LogP contribution in [0.5, 0.6) is 0 Å². The van der Waals surface area contributed by atoms with Crippen molar-refractivity contribution in [3.63, 3.8) is 0 Å². The molecule has 2 amide bonds. The summed E-state index contributed by atoms with van der Waals surface area (Å²) >= 11 is 0. The van der Waals surface area contributed by atoms with Gasteiger partial charge >= 0.3 is 0 Å². The van der Waals surface area contributed by atoms with E-state index >= 15 is 0 Å². The van der Waals surface area contributed by atoms with Crippen LogP contribution in [-0.4, -0.2) is 50.9 Å². The molecule has 5 fully saturated rings. The average molecular weight is 485 g/mol. The molecule has 0 aromatic heterocycles. The Kier molecular flexibility index (Phi) is 5.58. The van der Waals surface area contributed by atoms with E-state index < -0.39 is 28.0 Å². The number of anilines is 1. The van der Waals surface area contributed by atoms with Crippen LogP contribution in [0, 0.1) is 34.8 Å². The fraction of sp³-hybridized carbons (Fsp3) is 0.636. The van der Waals surface area contributed by atoms with E-state index in [0.717, 1.165) is 29.6 Å². The number of rotatable bonds is 5. The lowest BCUT2D eigenvalue weighted by Crippen LogP contribution is -2.62. The minimum atomic E-state index is -3.65. The molecule has 0 spiro atoms. The fourth-order valence-corrected chi connectivity index (χ4v) is 8.56. The fourth-order valence-electron chi connectivity index (χ4n) is 6.83. The van der Waals surface area contributed by atoms with Crippen LogP contribution in [-0.2, 0) is 9.59 Å². The highest BCUT2D eigenvalue weighted by molar-refractivity contribution is 8.23. The number of primary amides is 1. The van der Waals surface area contributed by atoms with Gasteiger partial charge in [-0.3, -0.25) is 23.0 Å². The van der Waals surface area contributed by atoms with E-state index in [1.807, 2.05) is 0 Å². The summed E-state index contributed by atoms with van der Waals surface area (Å²) < 4.78 is 51.8. The normalized spacial score (nSPS) is 35.9. The summed E-state index contributed by atoms with van der Waals surface area (Å²) in [5.41, 5.74) is 5.18. The minimum absolute atomic E-state index is 0.0567. The van der Waals surface area contributed by atoms with Gasteiger partial charge in [0, 0.05) is 30.6 Å². The lowest BCUT2D eigenvalue weighted by Gasteiger charge is -2.59. The second-order valence-corrected chi connectivity index (χ2v) is 12.0. The van der Waals surface area contributed by atoms with Crippen molar-refractivity contribution in [1.82, 2.24) is 9.62 Å². The van der Waals surface area contributed by atoms with Gasteiger partial charge < -0.3 is 11.1 Å². The molecule has 2 unspecified atom stereocenters. The van der Waals surface area contributed by atoms with Gasteiger partial charge in [0.15, 0.2) is 5.82 Å². The number of amides is 2. The molecule has 33 heavy (non-hydrogen) atoms. The van der Waals surface area contributed by atoms with Crippen molar-refractivity contribution in [2.45, 2.75) is 44.6 Å². The third-order valence-corrected chi connectivity index (χ3v) is 10.0. The molecular formula is C22H30F2N4O4S. The second-order valence-electron chi connectivity index (χ2n) is 10.1. The Morgan fingerprint density at radius 3 is 2.48 bits per heavy atom. The maximum Gasteiger partial charge on any atom is 0.236 e. The number of carbonyl (C=O) groups excluding carboxylic acids is 2. The van der Waals surface area contributed by atoms with Crippen molar-refractivity contribution in [2.24, 2.45) is 28.9 Å². The summed E-state index contributed by atoms with van der Waals surface area (Å²) in [4.78, 5) is 25.1. The maximum absolute atomic E-state index is 14.3. The Bertz CT molecular complexity index is 964. The lowest BCUT2D eigenvalue weighted by atomic mass is 9.47. The summed E-state index contributed by atoms with van der Waals surface area (Å²) in [6.07, 6.45) is 4.64. The average Bonchev–Trinajstić information content (AvgIpc) is 2.72. The largest absolute Gasteiger partial charge is 0.369 e. The summed E-state index contributed by atoms with van der Waals surface area (Å²) in [5, 5.41) is 3.09. The predicted octanol–water partition coefficient (Wildman–Crippen LogP) is 2.85. The molecular weight excluding hydrogens is 454 g/mol. The summed E-state index contributed by atoms with van der Waals surface area (Å²) in [5.74, 6) is -1.35. The van der Waals surface area contributed by atoms with Gasteiger partial charge in [-0.1, -0.05) is 0 Å². The third-order valence-electron chi connectivity index (χ3n) is 8.03. The van der Waals surface area contributed by atoms with E-state index in [1.165, 1.54) is 10.4 Å². The number of halogens is 2. The minimum Gasteiger partial charge on any atom is -0.369 e. The van der Waals surface area contributed by atoms with Crippen molar-refractivity contribution < 1.29 is 27.5 Å². The zero-order chi connectivity index (χ0) is 23.5. The number of hydrogen-bond acceptors (Lipinski definition) is 6. The highest BCUT2D eigenvalue weighted by atomic mass is 32.3. The van der Waals surface area contributed by atoms with Crippen LogP contribution < -0.4 is 15.4 Å². The Morgan fingerprint density at radius 1 is 1.15 bits per heavy atom. The quantitative estimate of drug-likeness (QED) is 0.510. The molecule has 1 heterocycles. The Hall–Kier alpha value is -1.95. The van der Waals surface area contributed by atoms with Gasteiger partial charge in [-0.2, -0.15) is 4.31 Å². The molecule has 6 rings (SSSR count). The van der Waals surface area contributed by atoms with Crippen LogP contribution in [0.15, 0.2) is 18.2 Å². The molecule has 5 aliphatic rings. The first-order valence-corrected chi connectivity index (χ1v) is 12.9. The monoisotopic (exact) mass is 484 g/mol. The molecule has 1 saturated heterocycles. The highest BCUT2D eigenvalue weighted by Gasteiger charge is 2.58. The number of carbonyl (C=O) groups is 2. The van der Waals surface area contributed by atoms with Gasteiger partial charge in [-0.05, 0) is 79.4 Å². The maximum atomic E-state index is 14.3. The molecule has 4 aliphatic carbocycles. The molecule has 1 aliphatic heterocycles. The smallest absolute Gasteiger partial charge is 0.236 e. The van der Waals surface area contributed by atoms with Gasteiger partial charge in [-0.25, -0.2) is 8.78 Å². The van der Waals surface area contributed by atoms with Crippen molar-refractivity contribution >= 4 is 28.5 Å². The van der Waals surface area contributed by atoms with Gasteiger partial charge in [0.1, 0.15) is 5.82 Å². The van der Waals surface area contributed by atoms with E-state index in [2.05, 4.69) is 5.32 Å². The third kappa shape index (κ3) is 3.88. The number of nitrogens with one attached hydrogen (secondary N) is 1. The highest BCUT2D eigenvalue weighted by Crippen LogP contribution is 2.60. The van der Waals surface area contributed by atoms with E-state index in [4.69, 9.17) is 5.73 Å². The van der Waals surface area contributed by atoms with Crippen LogP contribution in [0.1, 0.15) is 38.5 Å². The van der Waals surface area contributed by atoms with Crippen molar-refractivity contribution in [2.75, 3.05) is 23.9 Å². The van der Waals surface area contributed by atoms with Crippen molar-refractivity contribution in [1.29, 1.82) is 0 Å². The summed E-state index contributed by atoms with van der Waals surface area (Å²) in [6.45, 7) is 0.188. The number of benzene rings is 1. The van der Waals surface area contributed by atoms with Crippen molar-refractivity contribution in [3.8, 4) is 0 Å². The van der Waals surface area contributed by atoms with Crippen LogP contribution >= 0.6 is 11.0 Å². The first-order valence-electron chi connectivity index (χ1n) is 11.4. The Balaban J connectivity index is 1.27.